The summed E-state index contributed by atoms with van der Waals surface area (Å²) in [6.45, 7) is 1.08. The monoisotopic (exact) mass is 424 g/mol. The van der Waals surface area contributed by atoms with Crippen molar-refractivity contribution in [2.75, 3.05) is 13.2 Å². The molecule has 3 N–H and O–H groups in total. The standard InChI is InChI=1S/C23H28N4O4/c28-21-10-20(19-11-24-25-12-19)23(18-4-2-1-3-5-18)26-27(21)13-16-6-8-17(9-7-16)14-31-15-22(29)30/h1-5,10-12,16-17,22,29-30H,6-9,13-15H2,(H,24,25). The van der Waals surface area contributed by atoms with Gasteiger partial charge in [0.05, 0.1) is 18.5 Å². The number of aromatic amines is 1. The summed E-state index contributed by atoms with van der Waals surface area (Å²) in [5, 5.41) is 29.4. The summed E-state index contributed by atoms with van der Waals surface area (Å²) in [7, 11) is 0. The van der Waals surface area contributed by atoms with Crippen LogP contribution < -0.4 is 5.56 Å². The molecule has 1 aromatic carbocycles. The maximum atomic E-state index is 12.9. The Morgan fingerprint density at radius 3 is 2.52 bits per heavy atom. The Hall–Kier alpha value is -2.81. The Kier molecular flexibility index (Phi) is 6.91. The number of H-pyrrole nitrogens is 1. The average molecular weight is 425 g/mol. The lowest BCUT2D eigenvalue weighted by atomic mass is 9.82. The molecule has 0 spiro atoms. The van der Waals surface area contributed by atoms with Crippen molar-refractivity contribution in [1.29, 1.82) is 0 Å². The third-order valence-electron chi connectivity index (χ3n) is 5.87. The number of rotatable bonds is 8. The highest BCUT2D eigenvalue weighted by Gasteiger charge is 2.23. The van der Waals surface area contributed by atoms with Crippen molar-refractivity contribution in [2.45, 2.75) is 38.5 Å². The first kappa shape index (κ1) is 21.4. The number of aromatic nitrogens is 4. The number of ether oxygens (including phenoxy) is 1. The average Bonchev–Trinajstić information content (AvgIpc) is 3.31. The minimum absolute atomic E-state index is 0.0511. The lowest BCUT2D eigenvalue weighted by molar-refractivity contribution is -0.101. The van der Waals surface area contributed by atoms with E-state index in [4.69, 9.17) is 20.0 Å². The number of aliphatic hydroxyl groups is 2. The zero-order valence-corrected chi connectivity index (χ0v) is 17.4. The molecule has 2 heterocycles. The molecule has 4 rings (SSSR count). The predicted octanol–water partition coefficient (Wildman–Crippen LogP) is 2.43. The third kappa shape index (κ3) is 5.46. The summed E-state index contributed by atoms with van der Waals surface area (Å²) in [6.07, 6.45) is 6.04. The molecule has 0 bridgehead atoms. The molecule has 0 saturated heterocycles. The minimum atomic E-state index is -1.42. The van der Waals surface area contributed by atoms with Gasteiger partial charge in [-0.1, -0.05) is 30.3 Å². The molecule has 3 aromatic rings. The van der Waals surface area contributed by atoms with Crippen LogP contribution >= 0.6 is 0 Å². The van der Waals surface area contributed by atoms with Gasteiger partial charge in [-0.3, -0.25) is 9.89 Å². The molecule has 1 fully saturated rings. The van der Waals surface area contributed by atoms with Crippen molar-refractivity contribution in [1.82, 2.24) is 20.0 Å². The largest absolute Gasteiger partial charge is 0.376 e. The molecule has 1 aliphatic carbocycles. The number of hydrogen-bond donors (Lipinski definition) is 3. The van der Waals surface area contributed by atoms with Crippen LogP contribution in [0.2, 0.25) is 0 Å². The van der Waals surface area contributed by atoms with Crippen molar-refractivity contribution < 1.29 is 14.9 Å². The molecule has 8 nitrogen and oxygen atoms in total. The normalized spacial score (nSPS) is 19.1. The van der Waals surface area contributed by atoms with Gasteiger partial charge in [0.2, 0.25) is 0 Å². The fourth-order valence-corrected chi connectivity index (χ4v) is 4.21. The number of benzene rings is 1. The van der Waals surface area contributed by atoms with Gasteiger partial charge in [-0.2, -0.15) is 10.2 Å². The number of aliphatic hydroxyl groups excluding tert-OH is 1. The molecule has 0 radical (unpaired) electrons. The van der Waals surface area contributed by atoms with E-state index in [0.717, 1.165) is 48.1 Å². The Morgan fingerprint density at radius 2 is 1.84 bits per heavy atom. The van der Waals surface area contributed by atoms with Gasteiger partial charge in [0.25, 0.3) is 5.56 Å². The highest BCUT2D eigenvalue weighted by atomic mass is 16.5. The van der Waals surface area contributed by atoms with Crippen LogP contribution in [0.3, 0.4) is 0 Å². The second kappa shape index (κ2) is 10.00. The van der Waals surface area contributed by atoms with Crippen molar-refractivity contribution in [3.8, 4) is 22.4 Å². The van der Waals surface area contributed by atoms with E-state index in [0.29, 0.717) is 25.0 Å². The second-order valence-corrected chi connectivity index (χ2v) is 8.18. The predicted molar refractivity (Wildman–Crippen MR) is 116 cm³/mol. The van der Waals surface area contributed by atoms with Gasteiger partial charge in [0, 0.05) is 42.1 Å². The van der Waals surface area contributed by atoms with Crippen LogP contribution in [0.25, 0.3) is 22.4 Å². The number of hydrogen-bond acceptors (Lipinski definition) is 6. The third-order valence-corrected chi connectivity index (χ3v) is 5.87. The molecule has 2 aromatic heterocycles. The number of nitrogens with one attached hydrogen (secondary N) is 1. The first-order valence-electron chi connectivity index (χ1n) is 10.7. The summed E-state index contributed by atoms with van der Waals surface area (Å²) < 4.78 is 6.94. The first-order valence-corrected chi connectivity index (χ1v) is 10.7. The SMILES string of the molecule is O=c1cc(-c2cn[nH]c2)c(-c2ccccc2)nn1CC1CCC(COCC(O)O)CC1. The van der Waals surface area contributed by atoms with Crippen LogP contribution in [0.5, 0.6) is 0 Å². The van der Waals surface area contributed by atoms with E-state index in [-0.39, 0.29) is 12.2 Å². The van der Waals surface area contributed by atoms with Crippen LogP contribution in [0.15, 0.2) is 53.6 Å². The summed E-state index contributed by atoms with van der Waals surface area (Å²) in [5.41, 5.74) is 3.22. The lowest BCUT2D eigenvalue weighted by Crippen LogP contribution is -2.29. The van der Waals surface area contributed by atoms with Crippen molar-refractivity contribution in [2.24, 2.45) is 11.8 Å². The van der Waals surface area contributed by atoms with Crippen molar-refractivity contribution in [3.05, 3.63) is 59.1 Å². The van der Waals surface area contributed by atoms with E-state index < -0.39 is 6.29 Å². The highest BCUT2D eigenvalue weighted by Crippen LogP contribution is 2.31. The van der Waals surface area contributed by atoms with Gasteiger partial charge in [0.1, 0.15) is 0 Å². The molecule has 0 amide bonds. The molecule has 0 aliphatic heterocycles. The van der Waals surface area contributed by atoms with Crippen molar-refractivity contribution >= 4 is 0 Å². The zero-order valence-electron chi connectivity index (χ0n) is 17.4. The minimum Gasteiger partial charge on any atom is -0.376 e. The van der Waals surface area contributed by atoms with Crippen LogP contribution in [0, 0.1) is 11.8 Å². The molecule has 31 heavy (non-hydrogen) atoms. The van der Waals surface area contributed by atoms with Gasteiger partial charge in [-0.05, 0) is 37.5 Å². The van der Waals surface area contributed by atoms with E-state index in [1.54, 1.807) is 23.1 Å². The highest BCUT2D eigenvalue weighted by molar-refractivity contribution is 5.79. The summed E-state index contributed by atoms with van der Waals surface area (Å²) in [4.78, 5) is 12.9. The smallest absolute Gasteiger partial charge is 0.267 e. The molecular formula is C23H28N4O4. The lowest BCUT2D eigenvalue weighted by Gasteiger charge is -2.28. The maximum absolute atomic E-state index is 12.9. The van der Waals surface area contributed by atoms with Gasteiger partial charge in [-0.25, -0.2) is 4.68 Å². The molecule has 0 unspecified atom stereocenters. The Balaban J connectivity index is 1.49. The summed E-state index contributed by atoms with van der Waals surface area (Å²) >= 11 is 0. The van der Waals surface area contributed by atoms with E-state index >= 15 is 0 Å². The maximum Gasteiger partial charge on any atom is 0.267 e. The topological polar surface area (TPSA) is 113 Å². The summed E-state index contributed by atoms with van der Waals surface area (Å²) in [5.74, 6) is 0.802. The molecular weight excluding hydrogens is 396 g/mol. The number of nitrogens with zero attached hydrogens (tertiary/aromatic N) is 3. The Bertz CT molecular complexity index is 1010. The van der Waals surface area contributed by atoms with E-state index in [9.17, 15) is 4.79 Å². The van der Waals surface area contributed by atoms with Crippen LogP contribution in [-0.4, -0.2) is 49.7 Å². The molecule has 164 valence electrons. The zero-order chi connectivity index (χ0) is 21.6. The van der Waals surface area contributed by atoms with Crippen LogP contribution in [0.4, 0.5) is 0 Å². The van der Waals surface area contributed by atoms with E-state index in [1.807, 2.05) is 30.3 Å². The van der Waals surface area contributed by atoms with Crippen LogP contribution in [0.1, 0.15) is 25.7 Å². The molecule has 8 heteroatoms. The summed E-state index contributed by atoms with van der Waals surface area (Å²) in [6, 6.07) is 11.5. The fourth-order valence-electron chi connectivity index (χ4n) is 4.21. The van der Waals surface area contributed by atoms with Crippen molar-refractivity contribution in [3.63, 3.8) is 0 Å². The van der Waals surface area contributed by atoms with Crippen LogP contribution in [-0.2, 0) is 11.3 Å². The Morgan fingerprint density at radius 1 is 1.10 bits per heavy atom. The molecule has 1 aliphatic rings. The van der Waals surface area contributed by atoms with Gasteiger partial charge in [-0.15, -0.1) is 0 Å². The quantitative estimate of drug-likeness (QED) is 0.479. The molecule has 1 saturated carbocycles. The first-order chi connectivity index (χ1) is 15.1. The van der Waals surface area contributed by atoms with Gasteiger partial charge < -0.3 is 14.9 Å². The second-order valence-electron chi connectivity index (χ2n) is 8.18. The van der Waals surface area contributed by atoms with Gasteiger partial charge >= 0.3 is 0 Å². The van der Waals surface area contributed by atoms with E-state index in [1.165, 1.54) is 0 Å². The fraction of sp³-hybridized carbons (Fsp3) is 0.435. The van der Waals surface area contributed by atoms with Gasteiger partial charge in [0.15, 0.2) is 6.29 Å². The Labute approximate surface area is 180 Å². The molecule has 0 atom stereocenters. The van der Waals surface area contributed by atoms with E-state index in [2.05, 4.69) is 10.2 Å².